The third kappa shape index (κ3) is 3.37. The number of aliphatic carboxylic acids is 1. The summed E-state index contributed by atoms with van der Waals surface area (Å²) in [6.07, 6.45) is -4.65. The highest BCUT2D eigenvalue weighted by Crippen LogP contribution is 2.38. The second-order valence-electron chi connectivity index (χ2n) is 5.13. The third-order valence-electron chi connectivity index (χ3n) is 3.62. The van der Waals surface area contributed by atoms with Crippen molar-refractivity contribution in [3.63, 3.8) is 0 Å². The minimum atomic E-state index is -4.65. The van der Waals surface area contributed by atoms with Gasteiger partial charge in [-0.1, -0.05) is 0 Å². The Bertz CT molecular complexity index is 584. The van der Waals surface area contributed by atoms with E-state index < -0.39 is 43.0 Å². The van der Waals surface area contributed by atoms with Crippen molar-refractivity contribution in [3.05, 3.63) is 23.2 Å². The Morgan fingerprint density at radius 2 is 1.91 bits per heavy atom. The normalized spacial score (nSPS) is 21.6. The number of carbonyl (C=O) groups is 2. The smallest absolute Gasteiger partial charge is 0.394 e. The molecule has 0 aliphatic carbocycles. The van der Waals surface area contributed by atoms with Gasteiger partial charge in [-0.05, 0) is 19.9 Å². The average molecular weight is 342 g/mol. The lowest BCUT2D eigenvalue weighted by atomic mass is 9.96. The van der Waals surface area contributed by atoms with E-state index in [-0.39, 0.29) is 18.0 Å². The maximum atomic E-state index is 12.9. The van der Waals surface area contributed by atoms with Gasteiger partial charge < -0.3 is 14.4 Å². The van der Waals surface area contributed by atoms with Crippen molar-refractivity contribution in [3.8, 4) is 0 Å². The number of carboxylic acids is 1. The summed E-state index contributed by atoms with van der Waals surface area (Å²) in [7, 11) is 0. The number of alkyl halides is 3. The molecule has 1 saturated heterocycles. The summed E-state index contributed by atoms with van der Waals surface area (Å²) in [5, 5.41) is 8.92. The van der Waals surface area contributed by atoms with Crippen LogP contribution in [0.2, 0.25) is 0 Å². The number of hydrogen-bond acceptors (Lipinski definition) is 3. The van der Waals surface area contributed by atoms with E-state index in [1.165, 1.54) is 13.0 Å². The summed E-state index contributed by atoms with van der Waals surface area (Å²) in [4.78, 5) is 24.1. The van der Waals surface area contributed by atoms with Crippen LogP contribution in [0.15, 0.2) is 10.5 Å². The summed E-state index contributed by atoms with van der Waals surface area (Å²) in [5.41, 5.74) is 0.166. The van der Waals surface area contributed by atoms with Crippen molar-refractivity contribution in [2.75, 3.05) is 13.1 Å². The highest BCUT2D eigenvalue weighted by molar-refractivity contribution is 5.96. The molecule has 2 atom stereocenters. The zero-order valence-electron chi connectivity index (χ0n) is 11.8. The van der Waals surface area contributed by atoms with E-state index in [4.69, 9.17) is 9.52 Å². The van der Waals surface area contributed by atoms with Gasteiger partial charge in [0, 0.05) is 13.1 Å². The molecule has 0 unspecified atom stereocenters. The Hall–Kier alpha value is -1.70. The molecule has 1 aliphatic heterocycles. The molecule has 124 valence electrons. The molecule has 0 aromatic carbocycles. The van der Waals surface area contributed by atoms with Crippen LogP contribution < -0.4 is 0 Å². The number of furan rings is 1. The van der Waals surface area contributed by atoms with E-state index in [0.29, 0.717) is 11.5 Å². The Balaban J connectivity index is 0.00000242. The first-order valence-electron chi connectivity index (χ1n) is 6.27. The average Bonchev–Trinajstić information content (AvgIpc) is 2.91. The van der Waals surface area contributed by atoms with Crippen LogP contribution in [-0.2, 0) is 4.79 Å². The fourth-order valence-corrected chi connectivity index (χ4v) is 2.57. The second-order valence-corrected chi connectivity index (χ2v) is 5.13. The first kappa shape index (κ1) is 18.3. The van der Waals surface area contributed by atoms with E-state index in [1.54, 1.807) is 6.92 Å². The first-order chi connectivity index (χ1) is 9.61. The van der Waals surface area contributed by atoms with E-state index in [1.807, 2.05) is 0 Å². The van der Waals surface area contributed by atoms with Crippen LogP contribution in [0, 0.1) is 25.7 Å². The molecular formula is C13H15ClF3NO4. The zero-order valence-corrected chi connectivity index (χ0v) is 12.6. The number of nitrogens with zero attached hydrogens (tertiary/aromatic N) is 1. The number of carbonyl (C=O) groups excluding carboxylic acids is 1. The molecule has 0 spiro atoms. The van der Waals surface area contributed by atoms with Crippen molar-refractivity contribution in [1.82, 2.24) is 4.90 Å². The molecule has 22 heavy (non-hydrogen) atoms. The molecular weight excluding hydrogens is 327 g/mol. The monoisotopic (exact) mass is 341 g/mol. The third-order valence-corrected chi connectivity index (χ3v) is 3.62. The van der Waals surface area contributed by atoms with Gasteiger partial charge in [0.15, 0.2) is 0 Å². The van der Waals surface area contributed by atoms with Gasteiger partial charge in [-0.2, -0.15) is 13.2 Å². The molecule has 1 aromatic rings. The maximum Gasteiger partial charge on any atom is 0.394 e. The van der Waals surface area contributed by atoms with Crippen LogP contribution in [-0.4, -0.2) is 41.1 Å². The van der Waals surface area contributed by atoms with E-state index in [9.17, 15) is 22.8 Å². The molecule has 1 fully saturated rings. The lowest BCUT2D eigenvalue weighted by Crippen LogP contribution is -2.34. The van der Waals surface area contributed by atoms with Gasteiger partial charge in [0.25, 0.3) is 5.91 Å². The number of aryl methyl sites for hydroxylation is 2. The minimum Gasteiger partial charge on any atom is -0.481 e. The molecule has 0 bridgehead atoms. The number of rotatable bonds is 2. The van der Waals surface area contributed by atoms with Crippen LogP contribution in [0.5, 0.6) is 0 Å². The van der Waals surface area contributed by atoms with E-state index in [2.05, 4.69) is 0 Å². The molecule has 1 aliphatic rings. The van der Waals surface area contributed by atoms with Crippen molar-refractivity contribution in [2.45, 2.75) is 20.0 Å². The highest BCUT2D eigenvalue weighted by Gasteiger charge is 2.53. The summed E-state index contributed by atoms with van der Waals surface area (Å²) in [5.74, 6) is -5.10. The van der Waals surface area contributed by atoms with Crippen LogP contribution in [0.1, 0.15) is 21.9 Å². The Labute approximate surface area is 130 Å². The molecule has 1 aromatic heterocycles. The van der Waals surface area contributed by atoms with E-state index >= 15 is 0 Å². The van der Waals surface area contributed by atoms with Gasteiger partial charge in [0.2, 0.25) is 0 Å². The summed E-state index contributed by atoms with van der Waals surface area (Å²) < 4.78 is 43.8. The predicted octanol–water partition coefficient (Wildman–Crippen LogP) is 2.65. The van der Waals surface area contributed by atoms with Gasteiger partial charge in [0.1, 0.15) is 11.5 Å². The Kier molecular flexibility index (Phi) is 5.17. The Morgan fingerprint density at radius 1 is 1.32 bits per heavy atom. The lowest BCUT2D eigenvalue weighted by Gasteiger charge is -2.18. The van der Waals surface area contributed by atoms with Crippen molar-refractivity contribution >= 4 is 24.3 Å². The topological polar surface area (TPSA) is 70.8 Å². The SMILES string of the molecule is Cc1cc(C(=O)N2C[C@@H](C(F)(F)F)[C@H](C(=O)O)C2)c(C)o1.Cl. The Morgan fingerprint density at radius 3 is 2.27 bits per heavy atom. The highest BCUT2D eigenvalue weighted by atomic mass is 35.5. The standard InChI is InChI=1S/C13H14F3NO4.ClH/c1-6-3-8(7(2)21-6)11(18)17-4-9(12(19)20)10(5-17)13(14,15)16;/h3,9-10H,4-5H2,1-2H3,(H,19,20);1H/t9-,10-;/m1./s1. The van der Waals surface area contributed by atoms with Crippen LogP contribution >= 0.6 is 12.4 Å². The molecule has 0 saturated carbocycles. The molecule has 5 nitrogen and oxygen atoms in total. The predicted molar refractivity (Wildman–Crippen MR) is 72.0 cm³/mol. The number of amides is 1. The second kappa shape index (κ2) is 6.20. The number of carboxylic acid groups (broad SMARTS) is 1. The fourth-order valence-electron chi connectivity index (χ4n) is 2.57. The van der Waals surface area contributed by atoms with Gasteiger partial charge in [0.05, 0.1) is 17.4 Å². The number of hydrogen-bond donors (Lipinski definition) is 1. The van der Waals surface area contributed by atoms with Crippen LogP contribution in [0.25, 0.3) is 0 Å². The summed E-state index contributed by atoms with van der Waals surface area (Å²) in [6, 6.07) is 1.44. The lowest BCUT2D eigenvalue weighted by molar-refractivity contribution is -0.187. The molecule has 1 amide bonds. The molecule has 0 radical (unpaired) electrons. The van der Waals surface area contributed by atoms with Crippen molar-refractivity contribution < 1.29 is 32.3 Å². The van der Waals surface area contributed by atoms with Crippen LogP contribution in [0.4, 0.5) is 13.2 Å². The summed E-state index contributed by atoms with van der Waals surface area (Å²) in [6.45, 7) is 2.05. The van der Waals surface area contributed by atoms with Gasteiger partial charge in [-0.3, -0.25) is 9.59 Å². The van der Waals surface area contributed by atoms with Crippen LogP contribution in [0.3, 0.4) is 0 Å². The van der Waals surface area contributed by atoms with Gasteiger partial charge in [-0.15, -0.1) is 12.4 Å². The molecule has 2 rings (SSSR count). The first-order valence-corrected chi connectivity index (χ1v) is 6.27. The van der Waals surface area contributed by atoms with Gasteiger partial charge >= 0.3 is 12.1 Å². The molecule has 2 heterocycles. The summed E-state index contributed by atoms with van der Waals surface area (Å²) >= 11 is 0. The molecule has 9 heteroatoms. The quantitative estimate of drug-likeness (QED) is 0.897. The molecule has 1 N–H and O–H groups in total. The van der Waals surface area contributed by atoms with Crippen molar-refractivity contribution in [1.29, 1.82) is 0 Å². The zero-order chi connectivity index (χ0) is 15.9. The minimum absolute atomic E-state index is 0. The van der Waals surface area contributed by atoms with Crippen molar-refractivity contribution in [2.24, 2.45) is 11.8 Å². The maximum absolute atomic E-state index is 12.9. The van der Waals surface area contributed by atoms with E-state index in [0.717, 1.165) is 4.90 Å². The number of halogens is 4. The van der Waals surface area contributed by atoms with Gasteiger partial charge in [-0.25, -0.2) is 0 Å². The number of likely N-dealkylation sites (tertiary alicyclic amines) is 1. The largest absolute Gasteiger partial charge is 0.481 e. The fraction of sp³-hybridized carbons (Fsp3) is 0.538.